The Morgan fingerprint density at radius 2 is 1.45 bits per heavy atom. The molecule has 0 unspecified atom stereocenters. The fraction of sp³-hybridized carbons (Fsp3) is 0.677. The smallest absolute Gasteiger partial charge is 0.119 e. The van der Waals surface area contributed by atoms with Gasteiger partial charge in [0, 0.05) is 5.92 Å². The first-order valence-electron chi connectivity index (χ1n) is 13.8. The average Bonchev–Trinajstić information content (AvgIpc) is 2.86. The van der Waals surface area contributed by atoms with Gasteiger partial charge in [0.05, 0.1) is 13.2 Å². The molecule has 0 radical (unpaired) electrons. The zero-order valence-electron chi connectivity index (χ0n) is 21.2. The van der Waals surface area contributed by atoms with E-state index in [4.69, 9.17) is 9.47 Å². The molecule has 2 heteroatoms. The van der Waals surface area contributed by atoms with E-state index >= 15 is 0 Å². The Balaban J connectivity index is 1.28. The molecule has 0 N–H and O–H groups in total. The molecule has 2 aliphatic carbocycles. The number of hydrogen-bond acceptors (Lipinski definition) is 2. The summed E-state index contributed by atoms with van der Waals surface area (Å²) in [5.74, 6) is 11.7. The van der Waals surface area contributed by atoms with E-state index in [2.05, 4.69) is 37.8 Å². The van der Waals surface area contributed by atoms with Crippen molar-refractivity contribution >= 4 is 0 Å². The van der Waals surface area contributed by atoms with Gasteiger partial charge in [0.15, 0.2) is 0 Å². The Morgan fingerprint density at radius 3 is 2.12 bits per heavy atom. The monoisotopic (exact) mass is 450 g/mol. The quantitative estimate of drug-likeness (QED) is 0.248. The maximum absolute atomic E-state index is 6.06. The van der Waals surface area contributed by atoms with Gasteiger partial charge < -0.3 is 9.47 Å². The van der Waals surface area contributed by atoms with E-state index in [9.17, 15) is 0 Å². The SMILES string of the molecule is CCCCCOc1ccc(OC[C@H]2CC[C@H](C#C/C=C/[C@H]3CC[C@H](CCC)CC3)CC2)cc1. The van der Waals surface area contributed by atoms with Crippen LogP contribution in [0.5, 0.6) is 11.5 Å². The molecule has 1 aromatic rings. The molecule has 33 heavy (non-hydrogen) atoms. The lowest BCUT2D eigenvalue weighted by molar-refractivity contribution is 0.196. The summed E-state index contributed by atoms with van der Waals surface area (Å²) in [6, 6.07) is 8.13. The highest BCUT2D eigenvalue weighted by Gasteiger charge is 2.21. The maximum Gasteiger partial charge on any atom is 0.119 e. The van der Waals surface area contributed by atoms with Gasteiger partial charge in [-0.2, -0.15) is 0 Å². The van der Waals surface area contributed by atoms with Crippen molar-refractivity contribution in [2.24, 2.45) is 23.7 Å². The summed E-state index contributed by atoms with van der Waals surface area (Å²) in [7, 11) is 0. The van der Waals surface area contributed by atoms with Gasteiger partial charge in [-0.3, -0.25) is 0 Å². The minimum atomic E-state index is 0.565. The molecule has 0 spiro atoms. The number of benzene rings is 1. The molecular formula is C31H46O2. The van der Waals surface area contributed by atoms with Crippen LogP contribution < -0.4 is 9.47 Å². The second kappa shape index (κ2) is 15.1. The van der Waals surface area contributed by atoms with Crippen LogP contribution in [0.4, 0.5) is 0 Å². The summed E-state index contributed by atoms with van der Waals surface area (Å²) in [6.45, 7) is 6.14. The number of rotatable bonds is 11. The van der Waals surface area contributed by atoms with Crippen LogP contribution in [-0.2, 0) is 0 Å². The Labute approximate surface area is 203 Å². The molecule has 0 atom stereocenters. The summed E-state index contributed by atoms with van der Waals surface area (Å²) < 4.78 is 11.8. The van der Waals surface area contributed by atoms with Gasteiger partial charge in [0.1, 0.15) is 11.5 Å². The molecule has 0 amide bonds. The van der Waals surface area contributed by atoms with E-state index in [1.165, 1.54) is 77.0 Å². The summed E-state index contributed by atoms with van der Waals surface area (Å²) in [5.41, 5.74) is 0. The second-order valence-electron chi connectivity index (χ2n) is 10.3. The molecule has 0 aromatic heterocycles. The van der Waals surface area contributed by atoms with Crippen LogP contribution in [0.2, 0.25) is 0 Å². The van der Waals surface area contributed by atoms with Crippen molar-refractivity contribution in [3.63, 3.8) is 0 Å². The third-order valence-electron chi connectivity index (χ3n) is 7.50. The zero-order chi connectivity index (χ0) is 23.1. The molecule has 2 aliphatic rings. The first-order valence-corrected chi connectivity index (χ1v) is 13.8. The van der Waals surface area contributed by atoms with Crippen molar-refractivity contribution in [1.82, 2.24) is 0 Å². The molecule has 3 rings (SSSR count). The van der Waals surface area contributed by atoms with Crippen LogP contribution >= 0.6 is 0 Å². The van der Waals surface area contributed by atoms with Crippen LogP contribution in [-0.4, -0.2) is 13.2 Å². The number of allylic oxidation sites excluding steroid dienone is 2. The van der Waals surface area contributed by atoms with E-state index in [0.717, 1.165) is 43.0 Å². The topological polar surface area (TPSA) is 18.5 Å². The molecule has 2 nitrogen and oxygen atoms in total. The highest BCUT2D eigenvalue weighted by Crippen LogP contribution is 2.32. The van der Waals surface area contributed by atoms with Gasteiger partial charge in [-0.25, -0.2) is 0 Å². The lowest BCUT2D eigenvalue weighted by atomic mass is 9.80. The van der Waals surface area contributed by atoms with Gasteiger partial charge in [-0.05, 0) is 106 Å². The largest absolute Gasteiger partial charge is 0.494 e. The summed E-state index contributed by atoms with van der Waals surface area (Å²) in [4.78, 5) is 0. The van der Waals surface area contributed by atoms with E-state index in [1.54, 1.807) is 0 Å². The molecule has 0 saturated heterocycles. The van der Waals surface area contributed by atoms with Crippen molar-refractivity contribution in [2.45, 2.75) is 97.3 Å². The number of unbranched alkanes of at least 4 members (excludes halogenated alkanes) is 2. The van der Waals surface area contributed by atoms with Crippen LogP contribution in [0.3, 0.4) is 0 Å². The number of ether oxygens (including phenoxy) is 2. The minimum Gasteiger partial charge on any atom is -0.494 e. The van der Waals surface area contributed by atoms with Gasteiger partial charge in [0.2, 0.25) is 0 Å². The normalized spacial score (nSPS) is 25.4. The highest BCUT2D eigenvalue weighted by molar-refractivity contribution is 5.31. The molecule has 2 fully saturated rings. The lowest BCUT2D eigenvalue weighted by Gasteiger charge is -2.26. The standard InChI is InChI=1S/C31H46O2/c1-3-5-8-24-32-30-20-22-31(23-21-30)33-25-29-18-16-28(17-19-29)11-7-6-10-27-14-12-26(9-4-2)13-15-27/h6,10,20-23,26-29H,3-5,8-9,12-19,24-25H2,1-2H3/b10-6+/t26-,27-,28-,29-. The van der Waals surface area contributed by atoms with Crippen molar-refractivity contribution in [3.05, 3.63) is 36.4 Å². The van der Waals surface area contributed by atoms with Gasteiger partial charge >= 0.3 is 0 Å². The highest BCUT2D eigenvalue weighted by atomic mass is 16.5. The Bertz CT molecular complexity index is 722. The Kier molecular flexibility index (Phi) is 11.8. The van der Waals surface area contributed by atoms with Crippen molar-refractivity contribution < 1.29 is 9.47 Å². The predicted molar refractivity (Wildman–Crippen MR) is 140 cm³/mol. The fourth-order valence-electron chi connectivity index (χ4n) is 5.29. The summed E-state index contributed by atoms with van der Waals surface area (Å²) in [6.07, 6.45) is 21.3. The van der Waals surface area contributed by atoms with Crippen molar-refractivity contribution in [1.29, 1.82) is 0 Å². The molecule has 0 heterocycles. The predicted octanol–water partition coefficient (Wildman–Crippen LogP) is 8.61. The van der Waals surface area contributed by atoms with Crippen LogP contribution in [0.25, 0.3) is 0 Å². The number of hydrogen-bond donors (Lipinski definition) is 0. The van der Waals surface area contributed by atoms with Crippen LogP contribution in [0.15, 0.2) is 36.4 Å². The molecule has 2 saturated carbocycles. The third-order valence-corrected chi connectivity index (χ3v) is 7.50. The van der Waals surface area contributed by atoms with Gasteiger partial charge in [-0.15, -0.1) is 0 Å². The van der Waals surface area contributed by atoms with E-state index in [-0.39, 0.29) is 0 Å². The zero-order valence-corrected chi connectivity index (χ0v) is 21.2. The second-order valence-corrected chi connectivity index (χ2v) is 10.3. The van der Waals surface area contributed by atoms with Crippen LogP contribution in [0.1, 0.15) is 97.3 Å². The first-order chi connectivity index (χ1) is 16.3. The lowest BCUT2D eigenvalue weighted by Crippen LogP contribution is -2.19. The third kappa shape index (κ3) is 9.87. The first kappa shape index (κ1) is 25.7. The molecule has 1 aromatic carbocycles. The maximum atomic E-state index is 6.06. The van der Waals surface area contributed by atoms with Gasteiger partial charge in [0.25, 0.3) is 0 Å². The fourth-order valence-corrected chi connectivity index (χ4v) is 5.29. The van der Waals surface area contributed by atoms with Crippen molar-refractivity contribution in [3.8, 4) is 23.3 Å². The van der Waals surface area contributed by atoms with E-state index in [0.29, 0.717) is 11.8 Å². The Morgan fingerprint density at radius 1 is 0.788 bits per heavy atom. The molecule has 0 aliphatic heterocycles. The molecule has 0 bridgehead atoms. The van der Waals surface area contributed by atoms with E-state index in [1.807, 2.05) is 24.3 Å². The minimum absolute atomic E-state index is 0.565. The summed E-state index contributed by atoms with van der Waals surface area (Å²) >= 11 is 0. The average molecular weight is 451 g/mol. The van der Waals surface area contributed by atoms with E-state index < -0.39 is 0 Å². The summed E-state index contributed by atoms with van der Waals surface area (Å²) in [5, 5.41) is 0. The molecular weight excluding hydrogens is 404 g/mol. The Hall–Kier alpha value is -1.88. The van der Waals surface area contributed by atoms with Crippen molar-refractivity contribution in [2.75, 3.05) is 13.2 Å². The molecule has 182 valence electrons. The van der Waals surface area contributed by atoms with Gasteiger partial charge in [-0.1, -0.05) is 57.4 Å². The van der Waals surface area contributed by atoms with Crippen LogP contribution in [0, 0.1) is 35.5 Å².